The number of carbonyl (C=O) groups excluding carboxylic acids is 1. The van der Waals surface area contributed by atoms with Gasteiger partial charge in [0.2, 0.25) is 5.91 Å². The number of nitrogens with one attached hydrogen (secondary N) is 1. The average Bonchev–Trinajstić information content (AvgIpc) is 2.42. The number of piperidine rings is 1. The van der Waals surface area contributed by atoms with Crippen LogP contribution in [0.3, 0.4) is 0 Å². The lowest BCUT2D eigenvalue weighted by atomic mass is 9.87. The fraction of sp³-hybridized carbons (Fsp3) is 0.846. The Morgan fingerprint density at radius 2 is 2.11 bits per heavy atom. The summed E-state index contributed by atoms with van der Waals surface area (Å²) < 4.78 is 5.52. The molecular formula is C13H23N3O2S. The van der Waals surface area contributed by atoms with Crippen molar-refractivity contribution < 1.29 is 9.53 Å². The number of hydrogen-bond donors (Lipinski definition) is 2. The van der Waals surface area contributed by atoms with Gasteiger partial charge in [-0.2, -0.15) is 0 Å². The molecule has 0 aromatic heterocycles. The lowest BCUT2D eigenvalue weighted by molar-refractivity contribution is -0.137. The lowest BCUT2D eigenvalue weighted by Gasteiger charge is -2.41. The van der Waals surface area contributed by atoms with Crippen molar-refractivity contribution in [2.45, 2.75) is 43.7 Å². The molecule has 0 bridgehead atoms. The summed E-state index contributed by atoms with van der Waals surface area (Å²) in [6, 6.07) is 0. The van der Waals surface area contributed by atoms with Crippen LogP contribution in [0.15, 0.2) is 0 Å². The maximum Gasteiger partial charge on any atom is 0.249 e. The number of thiocarbonyl (C=S) groups is 1. The average molecular weight is 285 g/mol. The van der Waals surface area contributed by atoms with Crippen molar-refractivity contribution in [3.63, 3.8) is 0 Å². The molecule has 0 spiro atoms. The van der Waals surface area contributed by atoms with Crippen LogP contribution in [0, 0.1) is 0 Å². The summed E-state index contributed by atoms with van der Waals surface area (Å²) in [5.41, 5.74) is 5.35. The van der Waals surface area contributed by atoms with Crippen molar-refractivity contribution in [1.29, 1.82) is 0 Å². The van der Waals surface area contributed by atoms with Gasteiger partial charge in [-0.25, -0.2) is 0 Å². The molecule has 2 saturated heterocycles. The third-order valence-electron chi connectivity index (χ3n) is 4.15. The van der Waals surface area contributed by atoms with E-state index in [9.17, 15) is 4.79 Å². The van der Waals surface area contributed by atoms with Crippen LogP contribution in [0.1, 0.15) is 32.1 Å². The van der Waals surface area contributed by atoms with E-state index in [1.807, 2.05) is 0 Å². The Balaban J connectivity index is 2.00. The zero-order valence-electron chi connectivity index (χ0n) is 11.5. The van der Waals surface area contributed by atoms with Crippen molar-refractivity contribution in [2.75, 3.05) is 26.7 Å². The third kappa shape index (κ3) is 3.43. The molecule has 3 N–H and O–H groups in total. The summed E-state index contributed by atoms with van der Waals surface area (Å²) in [7, 11) is 2.07. The van der Waals surface area contributed by atoms with Gasteiger partial charge in [-0.15, -0.1) is 0 Å². The molecule has 0 saturated carbocycles. The first kappa shape index (κ1) is 14.7. The number of hydrogen-bond acceptors (Lipinski definition) is 4. The molecular weight excluding hydrogens is 262 g/mol. The van der Waals surface area contributed by atoms with Gasteiger partial charge in [0.25, 0.3) is 0 Å². The Bertz CT molecular complexity index is 348. The molecule has 108 valence electrons. The van der Waals surface area contributed by atoms with Gasteiger partial charge in [0.05, 0.1) is 10.5 Å². The molecule has 2 aliphatic rings. The largest absolute Gasteiger partial charge is 0.391 e. The molecule has 2 aliphatic heterocycles. The van der Waals surface area contributed by atoms with Crippen LogP contribution in [-0.2, 0) is 9.53 Å². The SMILES string of the molecule is CN1CCC(NC(=O)C2CCCCO2)(C(N)=S)CC1. The third-order valence-corrected chi connectivity index (χ3v) is 4.54. The summed E-state index contributed by atoms with van der Waals surface area (Å²) in [5, 5.41) is 3.07. The van der Waals surface area contributed by atoms with Gasteiger partial charge in [-0.3, -0.25) is 4.79 Å². The zero-order chi connectivity index (χ0) is 13.9. The summed E-state index contributed by atoms with van der Waals surface area (Å²) in [5.74, 6) is -0.0583. The quantitative estimate of drug-likeness (QED) is 0.736. The van der Waals surface area contributed by atoms with Crippen molar-refractivity contribution in [1.82, 2.24) is 10.2 Å². The van der Waals surface area contributed by atoms with E-state index in [1.165, 1.54) is 0 Å². The van der Waals surface area contributed by atoms with E-state index < -0.39 is 5.54 Å². The summed E-state index contributed by atoms with van der Waals surface area (Å²) in [6.07, 6.45) is 4.09. The standard InChI is InChI=1S/C13H23N3O2S/c1-16-7-5-13(6-8-16,12(14)19)15-11(17)10-4-2-3-9-18-10/h10H,2-9H2,1H3,(H2,14,19)(H,15,17). The Hall–Kier alpha value is -0.720. The molecule has 0 radical (unpaired) electrons. The Labute approximate surface area is 119 Å². The minimum atomic E-state index is -0.528. The van der Waals surface area contributed by atoms with E-state index in [4.69, 9.17) is 22.7 Å². The molecule has 2 fully saturated rings. The van der Waals surface area contributed by atoms with Crippen LogP contribution in [0.5, 0.6) is 0 Å². The number of amides is 1. The zero-order valence-corrected chi connectivity index (χ0v) is 12.3. The highest BCUT2D eigenvalue weighted by atomic mass is 32.1. The predicted molar refractivity (Wildman–Crippen MR) is 78.0 cm³/mol. The lowest BCUT2D eigenvalue weighted by Crippen LogP contribution is -2.63. The minimum absolute atomic E-state index is 0.0583. The van der Waals surface area contributed by atoms with E-state index in [-0.39, 0.29) is 12.0 Å². The molecule has 0 aromatic rings. The van der Waals surface area contributed by atoms with Crippen LogP contribution < -0.4 is 11.1 Å². The predicted octanol–water partition coefficient (Wildman–Crippen LogP) is 0.422. The van der Waals surface area contributed by atoms with Gasteiger partial charge in [-0.1, -0.05) is 12.2 Å². The summed E-state index contributed by atoms with van der Waals surface area (Å²) >= 11 is 5.19. The highest BCUT2D eigenvalue weighted by Gasteiger charge is 2.39. The molecule has 2 heterocycles. The topological polar surface area (TPSA) is 67.6 Å². The van der Waals surface area contributed by atoms with E-state index in [1.54, 1.807) is 0 Å². The second-order valence-corrected chi connectivity index (χ2v) is 6.03. The van der Waals surface area contributed by atoms with Gasteiger partial charge in [0.15, 0.2) is 0 Å². The first-order chi connectivity index (χ1) is 9.03. The maximum absolute atomic E-state index is 12.3. The molecule has 6 heteroatoms. The highest BCUT2D eigenvalue weighted by Crippen LogP contribution is 2.23. The van der Waals surface area contributed by atoms with Crippen LogP contribution in [0.25, 0.3) is 0 Å². The van der Waals surface area contributed by atoms with Crippen molar-refractivity contribution >= 4 is 23.1 Å². The first-order valence-corrected chi connectivity index (χ1v) is 7.36. The summed E-state index contributed by atoms with van der Waals surface area (Å²) in [4.78, 5) is 14.9. The fourth-order valence-corrected chi connectivity index (χ4v) is 2.95. The van der Waals surface area contributed by atoms with E-state index in [2.05, 4.69) is 17.3 Å². The molecule has 5 nitrogen and oxygen atoms in total. The smallest absolute Gasteiger partial charge is 0.249 e. The molecule has 1 amide bonds. The van der Waals surface area contributed by atoms with Gasteiger partial charge in [-0.05, 0) is 39.2 Å². The van der Waals surface area contributed by atoms with Gasteiger partial charge in [0, 0.05) is 19.7 Å². The molecule has 19 heavy (non-hydrogen) atoms. The molecule has 1 unspecified atom stereocenters. The van der Waals surface area contributed by atoms with E-state index in [0.29, 0.717) is 11.6 Å². The minimum Gasteiger partial charge on any atom is -0.391 e. The Kier molecular flexibility index (Phi) is 4.76. The van der Waals surface area contributed by atoms with Crippen molar-refractivity contribution in [3.8, 4) is 0 Å². The second kappa shape index (κ2) is 6.15. The van der Waals surface area contributed by atoms with Gasteiger partial charge in [0.1, 0.15) is 6.10 Å². The monoisotopic (exact) mass is 285 g/mol. The summed E-state index contributed by atoms with van der Waals surface area (Å²) in [6.45, 7) is 2.45. The van der Waals surface area contributed by atoms with E-state index >= 15 is 0 Å². The number of nitrogens with zero attached hydrogens (tertiary/aromatic N) is 1. The maximum atomic E-state index is 12.3. The molecule has 0 aliphatic carbocycles. The number of ether oxygens (including phenoxy) is 1. The van der Waals surface area contributed by atoms with Crippen molar-refractivity contribution in [2.24, 2.45) is 5.73 Å². The number of rotatable bonds is 3. The van der Waals surface area contributed by atoms with Crippen LogP contribution >= 0.6 is 12.2 Å². The van der Waals surface area contributed by atoms with Crippen LogP contribution in [0.2, 0.25) is 0 Å². The van der Waals surface area contributed by atoms with Crippen molar-refractivity contribution in [3.05, 3.63) is 0 Å². The first-order valence-electron chi connectivity index (χ1n) is 6.96. The molecule has 1 atom stereocenters. The number of carbonyl (C=O) groups is 1. The van der Waals surface area contributed by atoms with E-state index in [0.717, 1.165) is 45.2 Å². The fourth-order valence-electron chi connectivity index (χ4n) is 2.70. The van der Waals surface area contributed by atoms with Crippen LogP contribution in [-0.4, -0.2) is 54.2 Å². The Morgan fingerprint density at radius 1 is 1.42 bits per heavy atom. The van der Waals surface area contributed by atoms with Crippen LogP contribution in [0.4, 0.5) is 0 Å². The van der Waals surface area contributed by atoms with Gasteiger partial charge < -0.3 is 20.7 Å². The molecule has 2 rings (SSSR count). The number of likely N-dealkylation sites (tertiary alicyclic amines) is 1. The molecule has 0 aromatic carbocycles. The highest BCUT2D eigenvalue weighted by molar-refractivity contribution is 7.80. The normalized spacial score (nSPS) is 27.7. The second-order valence-electron chi connectivity index (χ2n) is 5.59. The Morgan fingerprint density at radius 3 is 2.63 bits per heavy atom. The van der Waals surface area contributed by atoms with Gasteiger partial charge >= 0.3 is 0 Å². The number of nitrogens with two attached hydrogens (primary N) is 1.